The average molecular weight is 315 g/mol. The molecule has 0 aromatic heterocycles. The molecule has 8 heteroatoms. The fraction of sp³-hybridized carbons (Fsp3) is 0.857. The first-order valence-electron chi connectivity index (χ1n) is 7.50. The third-order valence-electron chi connectivity index (χ3n) is 3.94. The van der Waals surface area contributed by atoms with Gasteiger partial charge in [0.1, 0.15) is 12.2 Å². The molecular weight excluding hydrogens is 290 g/mol. The van der Waals surface area contributed by atoms with E-state index in [9.17, 15) is 9.59 Å². The number of rotatable bonds is 4. The minimum absolute atomic E-state index is 0.0415. The van der Waals surface area contributed by atoms with Gasteiger partial charge in [0, 0.05) is 33.8 Å². The number of carbonyl (C=O) groups is 2. The lowest BCUT2D eigenvalue weighted by Gasteiger charge is -2.43. The predicted octanol–water partition coefficient (Wildman–Crippen LogP) is -1.69. The van der Waals surface area contributed by atoms with E-state index in [4.69, 9.17) is 14.2 Å². The van der Waals surface area contributed by atoms with Gasteiger partial charge in [0.2, 0.25) is 11.8 Å². The molecule has 0 saturated carbocycles. The van der Waals surface area contributed by atoms with Crippen LogP contribution in [0.5, 0.6) is 0 Å². The first kappa shape index (κ1) is 17.1. The zero-order chi connectivity index (χ0) is 16.0. The van der Waals surface area contributed by atoms with Crippen LogP contribution in [0.25, 0.3) is 0 Å². The highest BCUT2D eigenvalue weighted by Gasteiger charge is 2.41. The van der Waals surface area contributed by atoms with Crippen LogP contribution in [0.3, 0.4) is 0 Å². The Morgan fingerprint density at radius 1 is 1.27 bits per heavy atom. The summed E-state index contributed by atoms with van der Waals surface area (Å²) >= 11 is 0. The molecule has 2 rings (SSSR count). The number of likely N-dealkylation sites (N-methyl/N-ethyl adjacent to an activating group) is 1. The number of nitrogens with one attached hydrogen (secondary N) is 1. The molecule has 2 amide bonds. The van der Waals surface area contributed by atoms with Crippen LogP contribution in [0.1, 0.15) is 0 Å². The Morgan fingerprint density at radius 2 is 2.09 bits per heavy atom. The Kier molecular flexibility index (Phi) is 6.13. The van der Waals surface area contributed by atoms with Crippen molar-refractivity contribution in [2.45, 2.75) is 5.60 Å². The summed E-state index contributed by atoms with van der Waals surface area (Å²) in [5.74, 6) is -0.0903. The van der Waals surface area contributed by atoms with Crippen LogP contribution < -0.4 is 5.32 Å². The molecule has 1 unspecified atom stereocenters. The van der Waals surface area contributed by atoms with E-state index in [2.05, 4.69) is 5.32 Å². The number of morpholine rings is 1. The summed E-state index contributed by atoms with van der Waals surface area (Å²) in [7, 11) is 3.13. The molecule has 1 spiro atoms. The minimum Gasteiger partial charge on any atom is -0.377 e. The van der Waals surface area contributed by atoms with E-state index >= 15 is 0 Å². The number of hydrogen-bond acceptors (Lipinski definition) is 6. The largest absolute Gasteiger partial charge is 0.377 e. The molecule has 1 N–H and O–H groups in total. The first-order chi connectivity index (χ1) is 10.6. The highest BCUT2D eigenvalue weighted by Crippen LogP contribution is 2.22. The highest BCUT2D eigenvalue weighted by atomic mass is 16.5. The second-order valence-electron chi connectivity index (χ2n) is 5.72. The summed E-state index contributed by atoms with van der Waals surface area (Å²) < 4.78 is 16.5. The third kappa shape index (κ3) is 4.39. The lowest BCUT2D eigenvalue weighted by atomic mass is 10.0. The van der Waals surface area contributed by atoms with E-state index in [-0.39, 0.29) is 18.4 Å². The van der Waals surface area contributed by atoms with Crippen LogP contribution in [0.4, 0.5) is 0 Å². The van der Waals surface area contributed by atoms with Crippen molar-refractivity contribution < 1.29 is 23.8 Å². The maximum absolute atomic E-state index is 12.0. The molecule has 0 radical (unpaired) electrons. The molecule has 0 aromatic rings. The van der Waals surface area contributed by atoms with Crippen LogP contribution in [0.15, 0.2) is 0 Å². The molecule has 1 atom stereocenters. The quantitative estimate of drug-likeness (QED) is 0.667. The minimum atomic E-state index is -0.577. The third-order valence-corrected chi connectivity index (χ3v) is 3.94. The zero-order valence-electron chi connectivity index (χ0n) is 13.3. The van der Waals surface area contributed by atoms with Crippen molar-refractivity contribution >= 4 is 11.8 Å². The number of methoxy groups -OCH3 is 1. The summed E-state index contributed by atoms with van der Waals surface area (Å²) in [4.78, 5) is 27.4. The van der Waals surface area contributed by atoms with Gasteiger partial charge in [-0.25, -0.2) is 0 Å². The molecule has 0 aromatic carbocycles. The van der Waals surface area contributed by atoms with E-state index in [1.54, 1.807) is 11.9 Å². The normalized spacial score (nSPS) is 26.7. The molecule has 2 saturated heterocycles. The van der Waals surface area contributed by atoms with Gasteiger partial charge in [0.05, 0.1) is 32.9 Å². The summed E-state index contributed by atoms with van der Waals surface area (Å²) in [5, 5.41) is 2.62. The van der Waals surface area contributed by atoms with Crippen molar-refractivity contribution in [2.24, 2.45) is 0 Å². The summed E-state index contributed by atoms with van der Waals surface area (Å²) in [6, 6.07) is 0. The van der Waals surface area contributed by atoms with Crippen molar-refractivity contribution in [1.29, 1.82) is 0 Å². The maximum atomic E-state index is 12.0. The Bertz CT molecular complexity index is 406. The molecule has 22 heavy (non-hydrogen) atoms. The molecule has 2 heterocycles. The van der Waals surface area contributed by atoms with Crippen molar-refractivity contribution in [3.63, 3.8) is 0 Å². The highest BCUT2D eigenvalue weighted by molar-refractivity contribution is 5.78. The number of nitrogens with zero attached hydrogens (tertiary/aromatic N) is 2. The average Bonchev–Trinajstić information content (AvgIpc) is 2.69. The SMILES string of the molecule is CNC(=O)CN1CCOCC2(C1)CN(C(=O)COC)CCO2. The van der Waals surface area contributed by atoms with Gasteiger partial charge < -0.3 is 24.4 Å². The van der Waals surface area contributed by atoms with Crippen LogP contribution >= 0.6 is 0 Å². The Balaban J connectivity index is 2.02. The van der Waals surface area contributed by atoms with Gasteiger partial charge in [-0.05, 0) is 0 Å². The lowest BCUT2D eigenvalue weighted by molar-refractivity contribution is -0.164. The molecule has 8 nitrogen and oxygen atoms in total. The van der Waals surface area contributed by atoms with Gasteiger partial charge in [0.15, 0.2) is 0 Å². The summed E-state index contributed by atoms with van der Waals surface area (Å²) in [6.07, 6.45) is 0. The van der Waals surface area contributed by atoms with Gasteiger partial charge in [0.25, 0.3) is 0 Å². The van der Waals surface area contributed by atoms with Crippen LogP contribution in [0, 0.1) is 0 Å². The van der Waals surface area contributed by atoms with Crippen molar-refractivity contribution in [3.8, 4) is 0 Å². The monoisotopic (exact) mass is 315 g/mol. The van der Waals surface area contributed by atoms with Gasteiger partial charge in [-0.2, -0.15) is 0 Å². The van der Waals surface area contributed by atoms with E-state index < -0.39 is 5.60 Å². The molecule has 0 bridgehead atoms. The van der Waals surface area contributed by atoms with Crippen LogP contribution in [0.2, 0.25) is 0 Å². The Morgan fingerprint density at radius 3 is 2.82 bits per heavy atom. The Hall–Kier alpha value is -1.22. The molecule has 2 fully saturated rings. The Labute approximate surface area is 130 Å². The van der Waals surface area contributed by atoms with Crippen molar-refractivity contribution in [3.05, 3.63) is 0 Å². The van der Waals surface area contributed by atoms with E-state index in [0.717, 1.165) is 0 Å². The van der Waals surface area contributed by atoms with Crippen molar-refractivity contribution in [1.82, 2.24) is 15.1 Å². The standard InChI is InChI=1S/C14H25N3O5/c1-15-12(18)7-16-3-5-21-11-14(9-16)10-17(4-6-22-14)13(19)8-20-2/h3-11H2,1-2H3,(H,15,18). The van der Waals surface area contributed by atoms with E-state index in [1.807, 2.05) is 4.90 Å². The van der Waals surface area contributed by atoms with E-state index in [0.29, 0.717) is 52.5 Å². The first-order valence-corrected chi connectivity index (χ1v) is 7.50. The van der Waals surface area contributed by atoms with E-state index in [1.165, 1.54) is 7.11 Å². The molecule has 2 aliphatic rings. The summed E-state index contributed by atoms with van der Waals surface area (Å²) in [5.41, 5.74) is -0.577. The molecule has 2 aliphatic heterocycles. The van der Waals surface area contributed by atoms with Gasteiger partial charge >= 0.3 is 0 Å². The smallest absolute Gasteiger partial charge is 0.248 e. The number of carbonyl (C=O) groups excluding carboxylic acids is 2. The number of ether oxygens (including phenoxy) is 3. The summed E-state index contributed by atoms with van der Waals surface area (Å²) in [6.45, 7) is 4.06. The second-order valence-corrected chi connectivity index (χ2v) is 5.72. The maximum Gasteiger partial charge on any atom is 0.248 e. The second kappa shape index (κ2) is 7.87. The predicted molar refractivity (Wildman–Crippen MR) is 78.5 cm³/mol. The molecular formula is C14H25N3O5. The molecule has 0 aliphatic carbocycles. The number of hydrogen-bond donors (Lipinski definition) is 1. The van der Waals surface area contributed by atoms with Crippen LogP contribution in [-0.4, -0.2) is 101 Å². The zero-order valence-corrected chi connectivity index (χ0v) is 13.3. The van der Waals surface area contributed by atoms with Crippen LogP contribution in [-0.2, 0) is 23.8 Å². The van der Waals surface area contributed by atoms with Gasteiger partial charge in [-0.15, -0.1) is 0 Å². The fourth-order valence-corrected chi connectivity index (χ4v) is 2.86. The van der Waals surface area contributed by atoms with Gasteiger partial charge in [-0.1, -0.05) is 0 Å². The van der Waals surface area contributed by atoms with Crippen molar-refractivity contribution in [2.75, 3.05) is 73.3 Å². The molecule has 126 valence electrons. The fourth-order valence-electron chi connectivity index (χ4n) is 2.86. The topological polar surface area (TPSA) is 80.3 Å². The number of amides is 2. The van der Waals surface area contributed by atoms with Gasteiger partial charge in [-0.3, -0.25) is 14.5 Å². The lowest BCUT2D eigenvalue weighted by Crippen LogP contribution is -2.60.